The van der Waals surface area contributed by atoms with Crippen molar-refractivity contribution in [2.24, 2.45) is 0 Å². The molecule has 0 heterocycles. The van der Waals surface area contributed by atoms with E-state index in [9.17, 15) is 19.2 Å². The van der Waals surface area contributed by atoms with Crippen molar-refractivity contribution in [3.05, 3.63) is 0 Å². The Kier molecular flexibility index (Phi) is 12.2. The van der Waals surface area contributed by atoms with Crippen LogP contribution in [0.15, 0.2) is 0 Å². The fraction of sp³-hybridized carbons (Fsp3) is 0.818. The molecule has 0 spiro atoms. The number of ketones is 2. The average Bonchev–Trinajstić information content (AvgIpc) is 2.62. The van der Waals surface area contributed by atoms with Crippen LogP contribution in [0.2, 0.25) is 0 Å². The van der Waals surface area contributed by atoms with Crippen molar-refractivity contribution in [1.29, 1.82) is 0 Å². The van der Waals surface area contributed by atoms with Crippen LogP contribution in [0.25, 0.3) is 0 Å². The van der Waals surface area contributed by atoms with E-state index in [0.29, 0.717) is 26.2 Å². The first-order chi connectivity index (χ1) is 14.3. The van der Waals surface area contributed by atoms with Crippen molar-refractivity contribution in [3.63, 3.8) is 0 Å². The molecule has 180 valence electrons. The quantitative estimate of drug-likeness (QED) is 0.280. The Morgan fingerprint density at radius 3 is 1.06 bits per heavy atom. The Bertz CT molecular complexity index is 598. The molecular formula is C22H44N2O6Ti+2. The summed E-state index contributed by atoms with van der Waals surface area (Å²) in [5.74, 6) is -1.03. The predicted octanol–water partition coefficient (Wildman–Crippen LogP) is 3.37. The first-order valence-electron chi connectivity index (χ1n) is 11.4. The second kappa shape index (κ2) is 12.5. The molecule has 0 N–H and O–H groups in total. The SMILES string of the molecule is CC[N+](CC)(C(=O)CC(C)=O)[Ti]([O]C(C)C)([O]C(C)C)[N+](CC)(CC)C(=O)CC(C)=O. The molecular weight excluding hydrogens is 436 g/mol. The number of hydrogen-bond acceptors (Lipinski definition) is 6. The van der Waals surface area contributed by atoms with Crippen molar-refractivity contribution < 1.29 is 49.6 Å². The van der Waals surface area contributed by atoms with Gasteiger partial charge in [-0.25, -0.2) is 0 Å². The third-order valence-corrected chi connectivity index (χ3v) is 14.3. The van der Waals surface area contributed by atoms with Gasteiger partial charge in [0.25, 0.3) is 0 Å². The Morgan fingerprint density at radius 1 is 0.645 bits per heavy atom. The summed E-state index contributed by atoms with van der Waals surface area (Å²) in [4.78, 5) is 51.4. The van der Waals surface area contributed by atoms with Gasteiger partial charge in [-0.3, -0.25) is 0 Å². The van der Waals surface area contributed by atoms with E-state index in [0.717, 1.165) is 0 Å². The topological polar surface area (TPSA) is 86.7 Å². The first kappa shape index (κ1) is 30.2. The average molecular weight is 480 g/mol. The summed E-state index contributed by atoms with van der Waals surface area (Å²) in [6, 6.07) is 0. The van der Waals surface area contributed by atoms with Gasteiger partial charge in [-0.2, -0.15) is 0 Å². The molecule has 0 aromatic rings. The Hall–Kier alpha value is -0.766. The fourth-order valence-electron chi connectivity index (χ4n) is 4.41. The number of Topliss-reactive ketones (excluding diaryl/α,β-unsaturated/α-hetero) is 2. The molecule has 0 saturated heterocycles. The normalized spacial score (nSPS) is 13.0. The predicted molar refractivity (Wildman–Crippen MR) is 116 cm³/mol. The molecule has 0 aliphatic rings. The third-order valence-electron chi connectivity index (χ3n) is 5.77. The summed E-state index contributed by atoms with van der Waals surface area (Å²) in [5.41, 5.74) is 0. The number of nitrogens with zero attached hydrogens (tertiary/aromatic N) is 2. The zero-order valence-electron chi connectivity index (χ0n) is 21.2. The van der Waals surface area contributed by atoms with Gasteiger partial charge < -0.3 is 0 Å². The molecule has 8 nitrogen and oxygen atoms in total. The molecule has 9 heteroatoms. The molecule has 0 fully saturated rings. The minimum absolute atomic E-state index is 0.165. The number of carbonyl (C=O) groups excluding carboxylic acids is 4. The number of quaternary nitrogens is 2. The number of carbonyl (C=O) groups is 4. The van der Waals surface area contributed by atoms with Crippen molar-refractivity contribution in [2.45, 2.75) is 94.3 Å². The van der Waals surface area contributed by atoms with Crippen LogP contribution in [-0.2, 0) is 43.7 Å². The van der Waals surface area contributed by atoms with E-state index in [2.05, 4.69) is 0 Å². The number of hydrogen-bond donors (Lipinski definition) is 0. The Morgan fingerprint density at radius 2 is 0.903 bits per heavy atom. The monoisotopic (exact) mass is 480 g/mol. The van der Waals surface area contributed by atoms with Crippen molar-refractivity contribution in [2.75, 3.05) is 26.2 Å². The Labute approximate surface area is 193 Å². The van der Waals surface area contributed by atoms with Crippen LogP contribution in [-0.4, -0.2) is 67.7 Å². The second-order valence-electron chi connectivity index (χ2n) is 8.63. The van der Waals surface area contributed by atoms with Crippen molar-refractivity contribution in [3.8, 4) is 0 Å². The van der Waals surface area contributed by atoms with Crippen molar-refractivity contribution >= 4 is 23.4 Å². The van der Waals surface area contributed by atoms with Crippen LogP contribution < -0.4 is 0 Å². The summed E-state index contributed by atoms with van der Waals surface area (Å²) in [7, 11) is 0. The van der Waals surface area contributed by atoms with Gasteiger partial charge in [-0.1, -0.05) is 0 Å². The van der Waals surface area contributed by atoms with E-state index >= 15 is 0 Å². The van der Waals surface area contributed by atoms with Gasteiger partial charge in [-0.05, 0) is 0 Å². The molecule has 0 bridgehead atoms. The van der Waals surface area contributed by atoms with Crippen LogP contribution in [0.5, 0.6) is 0 Å². The van der Waals surface area contributed by atoms with Crippen LogP contribution in [0.4, 0.5) is 0 Å². The zero-order chi connectivity index (χ0) is 24.6. The van der Waals surface area contributed by atoms with Crippen LogP contribution in [0, 0.1) is 0 Å². The van der Waals surface area contributed by atoms with E-state index in [1.807, 2.05) is 55.4 Å². The minimum atomic E-state index is -4.61. The maximum atomic E-state index is 13.7. The van der Waals surface area contributed by atoms with E-state index in [4.69, 9.17) is 6.64 Å². The van der Waals surface area contributed by atoms with E-state index < -0.39 is 17.9 Å². The van der Waals surface area contributed by atoms with Crippen LogP contribution >= 0.6 is 0 Å². The molecule has 0 aromatic heterocycles. The molecule has 0 saturated carbocycles. The zero-order valence-corrected chi connectivity index (χ0v) is 22.8. The molecule has 0 aromatic carbocycles. The van der Waals surface area contributed by atoms with Gasteiger partial charge in [0, 0.05) is 0 Å². The molecule has 0 aliphatic heterocycles. The maximum absolute atomic E-state index is 13.7. The van der Waals surface area contributed by atoms with E-state index in [-0.39, 0.29) is 54.4 Å². The molecule has 0 atom stereocenters. The fourth-order valence-corrected chi connectivity index (χ4v) is 12.5. The van der Waals surface area contributed by atoms with Gasteiger partial charge in [0.05, 0.1) is 0 Å². The molecule has 0 aliphatic carbocycles. The first-order valence-corrected chi connectivity index (χ1v) is 14.1. The summed E-state index contributed by atoms with van der Waals surface area (Å²) < 4.78 is 13.1. The summed E-state index contributed by atoms with van der Waals surface area (Å²) in [6.07, 6.45) is -1.10. The van der Waals surface area contributed by atoms with Gasteiger partial charge in [0.15, 0.2) is 0 Å². The molecule has 0 radical (unpaired) electrons. The van der Waals surface area contributed by atoms with Gasteiger partial charge >= 0.3 is 193 Å². The van der Waals surface area contributed by atoms with Crippen LogP contribution in [0.1, 0.15) is 82.1 Å². The second-order valence-corrected chi connectivity index (χ2v) is 13.8. The summed E-state index contributed by atoms with van der Waals surface area (Å²) in [5, 5.41) is 0. The third kappa shape index (κ3) is 6.18. The molecule has 0 unspecified atom stereocenters. The number of amides is 2. The van der Waals surface area contributed by atoms with Gasteiger partial charge in [0.2, 0.25) is 0 Å². The molecule has 0 rings (SSSR count). The van der Waals surface area contributed by atoms with E-state index in [1.165, 1.54) is 13.8 Å². The van der Waals surface area contributed by atoms with Gasteiger partial charge in [-0.15, -0.1) is 0 Å². The molecule has 31 heavy (non-hydrogen) atoms. The van der Waals surface area contributed by atoms with Gasteiger partial charge in [0.1, 0.15) is 0 Å². The number of rotatable bonds is 14. The molecule has 2 amide bonds. The Balaban J connectivity index is 7.49. The van der Waals surface area contributed by atoms with Crippen LogP contribution in [0.3, 0.4) is 0 Å². The summed E-state index contributed by atoms with van der Waals surface area (Å²) >= 11 is -4.61. The van der Waals surface area contributed by atoms with Crippen molar-refractivity contribution in [1.82, 2.24) is 0 Å². The van der Waals surface area contributed by atoms with E-state index in [1.54, 1.807) is 0 Å². The standard InChI is InChI=1S/2C8H15NO2.2C3H7O.Ti/c2*1-4-9(5-2)8(11)6-7(3)10;2*1-3(2)4;/h2*4-6H2,1-3H3;2*3H,1-2H3;/q;;2*-1;+4. The summed E-state index contributed by atoms with van der Waals surface area (Å²) in [6.45, 7) is 19.1.